The maximum Gasteiger partial charge on any atom is 0.251 e. The Bertz CT molecular complexity index is 431. The summed E-state index contributed by atoms with van der Waals surface area (Å²) in [5.41, 5.74) is 1.22. The molecule has 0 saturated heterocycles. The number of nitrogens with zero attached hydrogens (tertiary/aromatic N) is 1. The van der Waals surface area contributed by atoms with Gasteiger partial charge in [-0.05, 0) is 19.1 Å². The van der Waals surface area contributed by atoms with Gasteiger partial charge in [0.2, 0.25) is 5.91 Å². The first-order chi connectivity index (χ1) is 8.06. The molecule has 1 heterocycles. The summed E-state index contributed by atoms with van der Waals surface area (Å²) < 4.78 is 0. The summed E-state index contributed by atoms with van der Waals surface area (Å²) in [5, 5.41) is 7.82. The van der Waals surface area contributed by atoms with Crippen LogP contribution in [0.2, 0.25) is 0 Å². The van der Waals surface area contributed by atoms with Gasteiger partial charge in [0.15, 0.2) is 0 Å². The quantitative estimate of drug-likeness (QED) is 0.682. The summed E-state index contributed by atoms with van der Waals surface area (Å²) in [6.07, 6.45) is 0. The van der Waals surface area contributed by atoms with Gasteiger partial charge >= 0.3 is 0 Å². The van der Waals surface area contributed by atoms with Gasteiger partial charge in [0.25, 0.3) is 5.91 Å². The van der Waals surface area contributed by atoms with Gasteiger partial charge < -0.3 is 16.0 Å². The molecule has 6 nitrogen and oxygen atoms in total. The van der Waals surface area contributed by atoms with Gasteiger partial charge in [0.1, 0.15) is 5.82 Å². The molecule has 0 unspecified atom stereocenters. The third kappa shape index (κ3) is 3.75. The molecule has 0 bridgehead atoms. The zero-order chi connectivity index (χ0) is 12.8. The van der Waals surface area contributed by atoms with Crippen molar-refractivity contribution in [1.29, 1.82) is 0 Å². The number of hydrogen-bond donors (Lipinski definition) is 3. The van der Waals surface area contributed by atoms with Crippen LogP contribution in [0.5, 0.6) is 0 Å². The van der Waals surface area contributed by atoms with Gasteiger partial charge in [-0.2, -0.15) is 0 Å². The second kappa shape index (κ2) is 5.83. The van der Waals surface area contributed by atoms with Gasteiger partial charge in [-0.15, -0.1) is 0 Å². The van der Waals surface area contributed by atoms with E-state index in [1.54, 1.807) is 26.1 Å². The summed E-state index contributed by atoms with van der Waals surface area (Å²) in [6.45, 7) is 1.77. The molecule has 0 aliphatic heterocycles. The van der Waals surface area contributed by atoms with Crippen LogP contribution in [0.1, 0.15) is 16.1 Å². The van der Waals surface area contributed by atoms with E-state index in [2.05, 4.69) is 20.9 Å². The zero-order valence-electron chi connectivity index (χ0n) is 10.1. The van der Waals surface area contributed by atoms with E-state index >= 15 is 0 Å². The fraction of sp³-hybridized carbons (Fsp3) is 0.364. The molecule has 0 saturated carbocycles. The molecule has 1 aromatic heterocycles. The normalized spacial score (nSPS) is 9.59. The molecule has 0 fully saturated rings. The van der Waals surface area contributed by atoms with Crippen LogP contribution in [0.15, 0.2) is 12.1 Å². The van der Waals surface area contributed by atoms with Crippen molar-refractivity contribution in [3.05, 3.63) is 23.4 Å². The number of rotatable bonds is 4. The first kappa shape index (κ1) is 13.0. The predicted molar refractivity (Wildman–Crippen MR) is 64.9 cm³/mol. The Kier molecular flexibility index (Phi) is 4.45. The maximum absolute atomic E-state index is 11.7. The van der Waals surface area contributed by atoms with E-state index in [0.717, 1.165) is 5.69 Å². The van der Waals surface area contributed by atoms with Crippen molar-refractivity contribution in [3.8, 4) is 0 Å². The highest BCUT2D eigenvalue weighted by Crippen LogP contribution is 2.09. The number of carbonyl (C=O) groups is 2. The van der Waals surface area contributed by atoms with Crippen molar-refractivity contribution in [1.82, 2.24) is 15.6 Å². The highest BCUT2D eigenvalue weighted by atomic mass is 16.2. The predicted octanol–water partition coefficient (Wildman–Crippen LogP) is -0.0925. The standard InChI is InChI=1S/C11H16N4O2/c1-7-4-8(5-9(12-2)15-7)11(17)14-6-10(16)13-3/h4-5H,6H2,1-3H3,(H,12,15)(H,13,16)(H,14,17). The fourth-order valence-corrected chi connectivity index (χ4v) is 1.28. The Balaban J connectivity index is 2.74. The van der Waals surface area contributed by atoms with E-state index in [1.165, 1.54) is 7.05 Å². The van der Waals surface area contributed by atoms with Crippen LogP contribution in [-0.4, -0.2) is 37.4 Å². The molecule has 0 atom stereocenters. The number of hydrogen-bond acceptors (Lipinski definition) is 4. The third-order valence-electron chi connectivity index (χ3n) is 2.16. The highest BCUT2D eigenvalue weighted by Gasteiger charge is 2.09. The van der Waals surface area contributed by atoms with Crippen LogP contribution < -0.4 is 16.0 Å². The molecule has 0 radical (unpaired) electrons. The van der Waals surface area contributed by atoms with Crippen molar-refractivity contribution >= 4 is 17.6 Å². The minimum absolute atomic E-state index is 0.0361. The minimum Gasteiger partial charge on any atom is -0.373 e. The Labute approximate surface area is 99.8 Å². The van der Waals surface area contributed by atoms with Gasteiger partial charge in [-0.3, -0.25) is 9.59 Å². The average molecular weight is 236 g/mol. The largest absolute Gasteiger partial charge is 0.373 e. The monoisotopic (exact) mass is 236 g/mol. The Morgan fingerprint density at radius 1 is 1.29 bits per heavy atom. The molecule has 1 aromatic rings. The number of aromatic nitrogens is 1. The van der Waals surface area contributed by atoms with E-state index in [1.807, 2.05) is 0 Å². The van der Waals surface area contributed by atoms with E-state index < -0.39 is 0 Å². The molecule has 17 heavy (non-hydrogen) atoms. The number of carbonyl (C=O) groups excluding carboxylic acids is 2. The lowest BCUT2D eigenvalue weighted by Gasteiger charge is -2.07. The number of likely N-dealkylation sites (N-methyl/N-ethyl adjacent to an activating group) is 1. The van der Waals surface area contributed by atoms with Crippen molar-refractivity contribution in [3.63, 3.8) is 0 Å². The number of nitrogens with one attached hydrogen (secondary N) is 3. The molecule has 0 aliphatic rings. The van der Waals surface area contributed by atoms with Crippen LogP contribution >= 0.6 is 0 Å². The van der Waals surface area contributed by atoms with Crippen molar-refractivity contribution < 1.29 is 9.59 Å². The summed E-state index contributed by atoms with van der Waals surface area (Å²) in [6, 6.07) is 3.30. The van der Waals surface area contributed by atoms with Crippen molar-refractivity contribution in [2.45, 2.75) is 6.92 Å². The van der Waals surface area contributed by atoms with Crippen LogP contribution in [-0.2, 0) is 4.79 Å². The van der Waals surface area contributed by atoms with Gasteiger partial charge in [0, 0.05) is 25.4 Å². The van der Waals surface area contributed by atoms with E-state index in [9.17, 15) is 9.59 Å². The van der Waals surface area contributed by atoms with Gasteiger partial charge in [0.05, 0.1) is 6.54 Å². The molecule has 6 heteroatoms. The second-order valence-electron chi connectivity index (χ2n) is 3.49. The Hall–Kier alpha value is -2.11. The number of aryl methyl sites for hydroxylation is 1. The summed E-state index contributed by atoms with van der Waals surface area (Å²) >= 11 is 0. The summed E-state index contributed by atoms with van der Waals surface area (Å²) in [5.74, 6) is 0.0867. The number of pyridine rings is 1. The van der Waals surface area contributed by atoms with Crippen LogP contribution in [0.25, 0.3) is 0 Å². The molecule has 92 valence electrons. The van der Waals surface area contributed by atoms with E-state index in [0.29, 0.717) is 11.4 Å². The SMILES string of the molecule is CNC(=O)CNC(=O)c1cc(C)nc(NC)c1. The van der Waals surface area contributed by atoms with Crippen LogP contribution in [0.4, 0.5) is 5.82 Å². The lowest BCUT2D eigenvalue weighted by Crippen LogP contribution is -2.35. The molecule has 3 N–H and O–H groups in total. The lowest BCUT2D eigenvalue weighted by atomic mass is 10.2. The topological polar surface area (TPSA) is 83.1 Å². The van der Waals surface area contributed by atoms with Crippen molar-refractivity contribution in [2.24, 2.45) is 0 Å². The molecule has 0 aromatic carbocycles. The molecular formula is C11H16N4O2. The maximum atomic E-state index is 11.7. The molecule has 0 aliphatic carbocycles. The molecule has 2 amide bonds. The lowest BCUT2D eigenvalue weighted by molar-refractivity contribution is -0.119. The Morgan fingerprint density at radius 2 is 2.00 bits per heavy atom. The molecule has 0 spiro atoms. The fourth-order valence-electron chi connectivity index (χ4n) is 1.28. The summed E-state index contributed by atoms with van der Waals surface area (Å²) in [4.78, 5) is 26.9. The zero-order valence-corrected chi connectivity index (χ0v) is 10.1. The van der Waals surface area contributed by atoms with Crippen LogP contribution in [0, 0.1) is 6.92 Å². The third-order valence-corrected chi connectivity index (χ3v) is 2.16. The van der Waals surface area contributed by atoms with E-state index in [-0.39, 0.29) is 18.4 Å². The Morgan fingerprint density at radius 3 is 2.59 bits per heavy atom. The van der Waals surface area contributed by atoms with Crippen LogP contribution in [0.3, 0.4) is 0 Å². The number of amides is 2. The second-order valence-corrected chi connectivity index (χ2v) is 3.49. The smallest absolute Gasteiger partial charge is 0.251 e. The average Bonchev–Trinajstić information content (AvgIpc) is 2.34. The highest BCUT2D eigenvalue weighted by molar-refractivity contribution is 5.97. The van der Waals surface area contributed by atoms with Gasteiger partial charge in [-0.1, -0.05) is 0 Å². The van der Waals surface area contributed by atoms with E-state index in [4.69, 9.17) is 0 Å². The van der Waals surface area contributed by atoms with Gasteiger partial charge in [-0.25, -0.2) is 4.98 Å². The minimum atomic E-state index is -0.296. The first-order valence-corrected chi connectivity index (χ1v) is 5.22. The first-order valence-electron chi connectivity index (χ1n) is 5.22. The van der Waals surface area contributed by atoms with Crippen molar-refractivity contribution in [2.75, 3.05) is 26.0 Å². The summed E-state index contributed by atoms with van der Waals surface area (Å²) in [7, 11) is 3.25. The molecule has 1 rings (SSSR count). The molecular weight excluding hydrogens is 220 g/mol. The number of anilines is 1.